The third kappa shape index (κ3) is 2.65. The summed E-state index contributed by atoms with van der Waals surface area (Å²) in [6.45, 7) is 4.10. The lowest BCUT2D eigenvalue weighted by Crippen LogP contribution is -2.30. The van der Waals surface area contributed by atoms with E-state index >= 15 is 0 Å². The lowest BCUT2D eigenvalue weighted by molar-refractivity contribution is 0.616. The standard InChI is InChI=1S/C16H20N4/c1-12-3-5-13(6-4-12)14-9-18-16(19-10-14)20-8-7-15(11-20)17-2/h3-6,9-10,15,17H,7-8,11H2,1-2H3. The summed E-state index contributed by atoms with van der Waals surface area (Å²) in [6.07, 6.45) is 4.99. The quantitative estimate of drug-likeness (QED) is 0.927. The molecule has 3 rings (SSSR count). The van der Waals surface area contributed by atoms with Crippen LogP contribution in [0.4, 0.5) is 5.95 Å². The van der Waals surface area contributed by atoms with Gasteiger partial charge in [-0.05, 0) is 26.0 Å². The minimum Gasteiger partial charge on any atom is -0.339 e. The number of rotatable bonds is 3. The highest BCUT2D eigenvalue weighted by Crippen LogP contribution is 2.21. The Morgan fingerprint density at radius 1 is 1.10 bits per heavy atom. The van der Waals surface area contributed by atoms with Crippen LogP contribution < -0.4 is 10.2 Å². The van der Waals surface area contributed by atoms with Crippen LogP contribution in [0.1, 0.15) is 12.0 Å². The molecule has 2 heterocycles. The second-order valence-electron chi connectivity index (χ2n) is 5.36. The van der Waals surface area contributed by atoms with Crippen LogP contribution in [0.3, 0.4) is 0 Å². The molecule has 104 valence electrons. The molecule has 1 fully saturated rings. The minimum absolute atomic E-state index is 0.551. The SMILES string of the molecule is CNC1CCN(c2ncc(-c3ccc(C)cc3)cn2)C1. The van der Waals surface area contributed by atoms with Crippen LogP contribution in [-0.4, -0.2) is 36.1 Å². The molecule has 0 saturated carbocycles. The number of hydrogen-bond donors (Lipinski definition) is 1. The highest BCUT2D eigenvalue weighted by atomic mass is 15.3. The molecule has 2 aromatic rings. The van der Waals surface area contributed by atoms with E-state index < -0.39 is 0 Å². The maximum absolute atomic E-state index is 4.52. The van der Waals surface area contributed by atoms with Gasteiger partial charge < -0.3 is 10.2 Å². The number of nitrogens with zero attached hydrogens (tertiary/aromatic N) is 3. The van der Waals surface area contributed by atoms with Gasteiger partial charge in [-0.25, -0.2) is 9.97 Å². The van der Waals surface area contributed by atoms with Gasteiger partial charge in [0.1, 0.15) is 0 Å². The second-order valence-corrected chi connectivity index (χ2v) is 5.36. The molecule has 1 aliphatic rings. The van der Waals surface area contributed by atoms with E-state index in [1.54, 1.807) is 0 Å². The van der Waals surface area contributed by atoms with Gasteiger partial charge in [0.15, 0.2) is 0 Å². The maximum atomic E-state index is 4.52. The van der Waals surface area contributed by atoms with Gasteiger partial charge in [0.2, 0.25) is 5.95 Å². The smallest absolute Gasteiger partial charge is 0.225 e. The Morgan fingerprint density at radius 2 is 1.80 bits per heavy atom. The van der Waals surface area contributed by atoms with E-state index in [1.165, 1.54) is 5.56 Å². The predicted octanol–water partition coefficient (Wildman–Crippen LogP) is 2.25. The van der Waals surface area contributed by atoms with Crippen molar-refractivity contribution in [3.8, 4) is 11.1 Å². The van der Waals surface area contributed by atoms with Crippen LogP contribution in [0.2, 0.25) is 0 Å². The molecule has 4 heteroatoms. The van der Waals surface area contributed by atoms with E-state index in [-0.39, 0.29) is 0 Å². The van der Waals surface area contributed by atoms with Gasteiger partial charge in [0, 0.05) is 37.1 Å². The Kier molecular flexibility index (Phi) is 3.65. The molecule has 1 N–H and O–H groups in total. The van der Waals surface area contributed by atoms with Gasteiger partial charge >= 0.3 is 0 Å². The maximum Gasteiger partial charge on any atom is 0.225 e. The van der Waals surface area contributed by atoms with Crippen LogP contribution >= 0.6 is 0 Å². The zero-order valence-electron chi connectivity index (χ0n) is 12.0. The third-order valence-corrected chi connectivity index (χ3v) is 3.90. The molecule has 1 aliphatic heterocycles. The fourth-order valence-corrected chi connectivity index (χ4v) is 2.56. The van der Waals surface area contributed by atoms with E-state index in [2.05, 4.69) is 51.4 Å². The number of nitrogens with one attached hydrogen (secondary N) is 1. The van der Waals surface area contributed by atoms with Crippen LogP contribution in [-0.2, 0) is 0 Å². The molecule has 0 radical (unpaired) electrons. The van der Waals surface area contributed by atoms with Crippen molar-refractivity contribution in [1.82, 2.24) is 15.3 Å². The van der Waals surface area contributed by atoms with E-state index in [1.807, 2.05) is 19.4 Å². The number of aryl methyl sites for hydroxylation is 1. The lowest BCUT2D eigenvalue weighted by atomic mass is 10.1. The fraction of sp³-hybridized carbons (Fsp3) is 0.375. The molecule has 1 saturated heterocycles. The van der Waals surface area contributed by atoms with Gasteiger partial charge in [0.25, 0.3) is 0 Å². The monoisotopic (exact) mass is 268 g/mol. The van der Waals surface area contributed by atoms with Crippen LogP contribution in [0.25, 0.3) is 11.1 Å². The van der Waals surface area contributed by atoms with Crippen molar-refractivity contribution >= 4 is 5.95 Å². The van der Waals surface area contributed by atoms with Gasteiger partial charge in [-0.15, -0.1) is 0 Å². The second kappa shape index (κ2) is 5.59. The van der Waals surface area contributed by atoms with E-state index in [0.717, 1.165) is 36.6 Å². The lowest BCUT2D eigenvalue weighted by Gasteiger charge is -2.16. The first kappa shape index (κ1) is 13.1. The molecule has 1 aromatic heterocycles. The van der Waals surface area contributed by atoms with Gasteiger partial charge in [-0.1, -0.05) is 29.8 Å². The van der Waals surface area contributed by atoms with E-state index in [9.17, 15) is 0 Å². The molecule has 0 bridgehead atoms. The number of anilines is 1. The number of benzene rings is 1. The molecule has 0 amide bonds. The number of hydrogen-bond acceptors (Lipinski definition) is 4. The summed E-state index contributed by atoms with van der Waals surface area (Å²) in [5, 5.41) is 3.31. The topological polar surface area (TPSA) is 41.0 Å². The fourth-order valence-electron chi connectivity index (χ4n) is 2.56. The Hall–Kier alpha value is -1.94. The zero-order chi connectivity index (χ0) is 13.9. The average Bonchev–Trinajstić information content (AvgIpc) is 2.97. The summed E-state index contributed by atoms with van der Waals surface area (Å²) in [6, 6.07) is 9.00. The molecular formula is C16H20N4. The van der Waals surface area contributed by atoms with Gasteiger partial charge in [-0.2, -0.15) is 0 Å². The summed E-state index contributed by atoms with van der Waals surface area (Å²) in [5.74, 6) is 0.832. The van der Waals surface area contributed by atoms with Crippen molar-refractivity contribution in [1.29, 1.82) is 0 Å². The highest BCUT2D eigenvalue weighted by molar-refractivity contribution is 5.62. The molecule has 0 aliphatic carbocycles. The predicted molar refractivity (Wildman–Crippen MR) is 81.9 cm³/mol. The third-order valence-electron chi connectivity index (χ3n) is 3.90. The first-order valence-electron chi connectivity index (χ1n) is 7.07. The highest BCUT2D eigenvalue weighted by Gasteiger charge is 2.22. The summed E-state index contributed by atoms with van der Waals surface area (Å²) in [4.78, 5) is 11.3. The first-order valence-corrected chi connectivity index (χ1v) is 7.07. The van der Waals surface area contributed by atoms with Crippen LogP contribution in [0, 0.1) is 6.92 Å². The van der Waals surface area contributed by atoms with Gasteiger partial charge in [0.05, 0.1) is 0 Å². The van der Waals surface area contributed by atoms with Crippen molar-refractivity contribution in [2.45, 2.75) is 19.4 Å². The van der Waals surface area contributed by atoms with Crippen molar-refractivity contribution in [2.24, 2.45) is 0 Å². The summed E-state index contributed by atoms with van der Waals surface area (Å²) in [5.41, 5.74) is 3.50. The molecule has 4 nitrogen and oxygen atoms in total. The largest absolute Gasteiger partial charge is 0.339 e. The molecule has 20 heavy (non-hydrogen) atoms. The van der Waals surface area contributed by atoms with Crippen molar-refractivity contribution in [3.63, 3.8) is 0 Å². The normalized spacial score (nSPS) is 18.5. The molecule has 0 spiro atoms. The van der Waals surface area contributed by atoms with Crippen molar-refractivity contribution < 1.29 is 0 Å². The summed E-state index contributed by atoms with van der Waals surface area (Å²) < 4.78 is 0. The molecule has 1 unspecified atom stereocenters. The van der Waals surface area contributed by atoms with E-state index in [4.69, 9.17) is 0 Å². The zero-order valence-corrected chi connectivity index (χ0v) is 12.0. The molecule has 1 aromatic carbocycles. The molecular weight excluding hydrogens is 248 g/mol. The van der Waals surface area contributed by atoms with E-state index in [0.29, 0.717) is 6.04 Å². The first-order chi connectivity index (χ1) is 9.76. The minimum atomic E-state index is 0.551. The summed E-state index contributed by atoms with van der Waals surface area (Å²) >= 11 is 0. The Labute approximate surface area is 119 Å². The van der Waals surface area contributed by atoms with Crippen molar-refractivity contribution in [3.05, 3.63) is 42.2 Å². The van der Waals surface area contributed by atoms with Crippen molar-refractivity contribution in [2.75, 3.05) is 25.0 Å². The number of aromatic nitrogens is 2. The van der Waals surface area contributed by atoms with Crippen LogP contribution in [0.15, 0.2) is 36.7 Å². The Morgan fingerprint density at radius 3 is 2.40 bits per heavy atom. The van der Waals surface area contributed by atoms with Crippen LogP contribution in [0.5, 0.6) is 0 Å². The average molecular weight is 268 g/mol. The molecule has 1 atom stereocenters. The van der Waals surface area contributed by atoms with Gasteiger partial charge in [-0.3, -0.25) is 0 Å². The summed E-state index contributed by atoms with van der Waals surface area (Å²) in [7, 11) is 2.01. The Bertz CT molecular complexity index is 562. The Balaban J connectivity index is 1.76. The number of likely N-dealkylation sites (N-methyl/N-ethyl adjacent to an activating group) is 1.